The number of hydrogen-bond donors (Lipinski definition) is 2. The lowest BCUT2D eigenvalue weighted by atomic mass is 10.1. The van der Waals surface area contributed by atoms with Crippen molar-refractivity contribution in [1.82, 2.24) is 10.2 Å². The highest BCUT2D eigenvalue weighted by atomic mass is 16.4. The molecule has 84 valence electrons. The smallest absolute Gasteiger partial charge is 0.326 e. The maximum Gasteiger partial charge on any atom is 0.326 e. The van der Waals surface area contributed by atoms with E-state index in [2.05, 4.69) is 0 Å². The molecule has 0 aromatic heterocycles. The summed E-state index contributed by atoms with van der Waals surface area (Å²) in [5.41, 5.74) is 0. The van der Waals surface area contributed by atoms with E-state index >= 15 is 0 Å². The molecule has 0 aromatic carbocycles. The first-order chi connectivity index (χ1) is 7.61. The first kappa shape index (κ1) is 9.15. The number of nitrogens with zero attached hydrogens (tertiary/aromatic N) is 1. The van der Waals surface area contributed by atoms with Crippen molar-refractivity contribution in [3.63, 3.8) is 0 Å². The van der Waals surface area contributed by atoms with Crippen molar-refractivity contribution < 1.29 is 16.1 Å². The van der Waals surface area contributed by atoms with Gasteiger partial charge in [0.1, 0.15) is 7.45 Å². The lowest BCUT2D eigenvalue weighted by Crippen LogP contribution is -2.48. The molecule has 0 radical (unpaired) electrons. The molecule has 5 heteroatoms. The van der Waals surface area contributed by atoms with Gasteiger partial charge in [-0.05, 0) is 32.2 Å². The average Bonchev–Trinajstić information content (AvgIpc) is 2.84. The highest BCUT2D eigenvalue weighted by Gasteiger charge is 2.37. The number of hydrogen-bond acceptors (Lipinski definition) is 3. The fourth-order valence-electron chi connectivity index (χ4n) is 2.30. The van der Waals surface area contributed by atoms with Crippen LogP contribution in [0.2, 0.25) is 1.41 Å². The third-order valence-electron chi connectivity index (χ3n) is 3.09. The third kappa shape index (κ3) is 1.97. The minimum absolute atomic E-state index is 0.183. The van der Waals surface area contributed by atoms with E-state index in [0.717, 1.165) is 12.8 Å². The van der Waals surface area contributed by atoms with Crippen LogP contribution in [0.3, 0.4) is 0 Å². The minimum Gasteiger partial charge on any atom is -0.480 e. The molecule has 0 spiro atoms. The molecular weight excluding hydrogens is 196 g/mol. The highest BCUT2D eigenvalue weighted by Crippen LogP contribution is 2.20. The van der Waals surface area contributed by atoms with Crippen molar-refractivity contribution in [2.75, 3.05) is 13.1 Å². The molecule has 2 aliphatic heterocycles. The van der Waals surface area contributed by atoms with Gasteiger partial charge in [0.15, 0.2) is 0 Å². The molecule has 0 unspecified atom stereocenters. The average molecular weight is 213 g/mol. The Hall–Kier alpha value is -1.10. The number of rotatable bonds is 2. The van der Waals surface area contributed by atoms with Crippen LogP contribution in [-0.4, -0.2) is 47.1 Å². The summed E-state index contributed by atoms with van der Waals surface area (Å²) in [4.78, 5) is 24.5. The Labute approximate surface area is 89.9 Å². The molecule has 0 saturated carbocycles. The minimum atomic E-state index is -0.930. The van der Waals surface area contributed by atoms with Gasteiger partial charge in [0, 0.05) is 6.54 Å². The van der Waals surface area contributed by atoms with Crippen LogP contribution in [0.15, 0.2) is 0 Å². The summed E-state index contributed by atoms with van der Waals surface area (Å²) in [6, 6.07) is -1.11. The number of carboxylic acid groups (broad SMARTS) is 1. The fourth-order valence-corrected chi connectivity index (χ4v) is 2.30. The molecule has 2 atom stereocenters. The number of likely N-dealkylation sites (tertiary alicyclic amines) is 1. The van der Waals surface area contributed by atoms with Crippen LogP contribution in [0.1, 0.15) is 25.7 Å². The van der Waals surface area contributed by atoms with Gasteiger partial charge in [-0.25, -0.2) is 4.79 Å². The molecule has 0 aliphatic carbocycles. The number of carboxylic acids is 1. The van der Waals surface area contributed by atoms with Gasteiger partial charge in [0.25, 0.3) is 0 Å². The Morgan fingerprint density at radius 3 is 2.80 bits per heavy atom. The van der Waals surface area contributed by atoms with Gasteiger partial charge in [-0.15, -0.1) is 0 Å². The molecule has 2 saturated heterocycles. The molecule has 0 aromatic rings. The maximum atomic E-state index is 12.1. The molecule has 2 fully saturated rings. The van der Waals surface area contributed by atoms with Gasteiger partial charge in [-0.2, -0.15) is 0 Å². The predicted octanol–water partition coefficient (Wildman–Crippen LogP) is -0.186. The maximum absolute atomic E-state index is 12.1. The lowest BCUT2D eigenvalue weighted by molar-refractivity contribution is -0.148. The molecule has 5 nitrogen and oxygen atoms in total. The van der Waals surface area contributed by atoms with Gasteiger partial charge < -0.3 is 15.3 Å². The van der Waals surface area contributed by atoms with Gasteiger partial charge in [0.05, 0.1) is 6.04 Å². The quantitative estimate of drug-likeness (QED) is 0.667. The standard InChI is InChI=1S/C10H16N2O3/c13-9(7-3-1-5-11-7)12-6-2-4-8(12)10(14)15/h7-8,11H,1-6H2,(H,14,15)/t7-,8-/m0/s1/i/hD. The SMILES string of the molecule is [2H]N1CCC[C@H]1C(=O)N1CCC[C@H]1C(=O)O. The normalized spacial score (nSPS) is 33.1. The van der Waals surface area contributed by atoms with Crippen molar-refractivity contribution in [2.24, 2.45) is 0 Å². The molecule has 2 heterocycles. The van der Waals surface area contributed by atoms with Crippen molar-refractivity contribution >= 4 is 11.9 Å². The second-order valence-corrected chi connectivity index (χ2v) is 4.09. The molecule has 2 aliphatic rings. The van der Waals surface area contributed by atoms with E-state index < -0.39 is 18.1 Å². The number of nitrogens with one attached hydrogen (secondary N) is 1. The Bertz CT molecular complexity index is 310. The van der Waals surface area contributed by atoms with Crippen molar-refractivity contribution in [2.45, 2.75) is 37.8 Å². The van der Waals surface area contributed by atoms with Crippen LogP contribution in [0.25, 0.3) is 0 Å². The zero-order valence-corrected chi connectivity index (χ0v) is 8.56. The Kier molecular flexibility index (Phi) is 2.55. The van der Waals surface area contributed by atoms with Crippen LogP contribution in [0, 0.1) is 0 Å². The van der Waals surface area contributed by atoms with E-state index in [9.17, 15) is 9.59 Å². The van der Waals surface area contributed by atoms with Crippen LogP contribution in [0.5, 0.6) is 0 Å². The summed E-state index contributed by atoms with van der Waals surface area (Å²) in [6.07, 6.45) is 2.79. The van der Waals surface area contributed by atoms with Crippen molar-refractivity contribution in [3.8, 4) is 0 Å². The molecule has 15 heavy (non-hydrogen) atoms. The molecule has 2 rings (SSSR count). The van der Waals surface area contributed by atoms with E-state index in [0.29, 0.717) is 25.9 Å². The molecule has 2 N–H and O–H groups in total. The molecule has 1 amide bonds. The fraction of sp³-hybridized carbons (Fsp3) is 0.800. The zero-order chi connectivity index (χ0) is 11.7. The highest BCUT2D eigenvalue weighted by molar-refractivity contribution is 5.87. The second-order valence-electron chi connectivity index (χ2n) is 4.09. The van der Waals surface area contributed by atoms with E-state index in [4.69, 9.17) is 6.52 Å². The number of amides is 1. The summed E-state index contributed by atoms with van der Waals surface area (Å²) in [5.74, 6) is -1.11. The molecular formula is C10H16N2O3. The van der Waals surface area contributed by atoms with Gasteiger partial charge in [-0.1, -0.05) is 0 Å². The van der Waals surface area contributed by atoms with Crippen molar-refractivity contribution in [3.05, 3.63) is 0 Å². The summed E-state index contributed by atoms with van der Waals surface area (Å²) >= 11 is 0. The van der Waals surface area contributed by atoms with Crippen LogP contribution >= 0.6 is 0 Å². The topological polar surface area (TPSA) is 69.6 Å². The Balaban J connectivity index is 2.06. The lowest BCUT2D eigenvalue weighted by Gasteiger charge is -2.24. The largest absolute Gasteiger partial charge is 0.480 e. The van der Waals surface area contributed by atoms with Crippen LogP contribution < -0.4 is 5.31 Å². The summed E-state index contributed by atoms with van der Waals surface area (Å²) in [7, 11) is 0. The Morgan fingerprint density at radius 1 is 1.40 bits per heavy atom. The van der Waals surface area contributed by atoms with Gasteiger partial charge in [0.2, 0.25) is 5.91 Å². The van der Waals surface area contributed by atoms with Crippen molar-refractivity contribution in [1.29, 1.82) is 0 Å². The first-order valence-electron chi connectivity index (χ1n) is 5.85. The third-order valence-corrected chi connectivity index (χ3v) is 3.09. The van der Waals surface area contributed by atoms with E-state index in [1.165, 1.54) is 10.2 Å². The second kappa shape index (κ2) is 4.18. The van der Waals surface area contributed by atoms with Crippen LogP contribution in [-0.2, 0) is 9.59 Å². The number of carbonyl (C=O) groups excluding carboxylic acids is 1. The monoisotopic (exact) mass is 213 g/mol. The van der Waals surface area contributed by atoms with Gasteiger partial charge in [-0.3, -0.25) is 4.79 Å². The Morgan fingerprint density at radius 2 is 2.20 bits per heavy atom. The van der Waals surface area contributed by atoms with E-state index in [1.54, 1.807) is 0 Å². The zero-order valence-electron chi connectivity index (χ0n) is 9.56. The van der Waals surface area contributed by atoms with E-state index in [1.807, 2.05) is 0 Å². The predicted molar refractivity (Wildman–Crippen MR) is 53.4 cm³/mol. The first-order valence-corrected chi connectivity index (χ1v) is 5.40. The van der Waals surface area contributed by atoms with Gasteiger partial charge >= 0.3 is 5.97 Å². The van der Waals surface area contributed by atoms with E-state index in [-0.39, 0.29) is 5.91 Å². The summed E-state index contributed by atoms with van der Waals surface area (Å²) in [5, 5.41) is 10.3. The summed E-state index contributed by atoms with van der Waals surface area (Å²) < 4.78 is 7.60. The number of carbonyl (C=O) groups is 2. The van der Waals surface area contributed by atoms with Crippen LogP contribution in [0.4, 0.5) is 0 Å². The molecule has 0 bridgehead atoms. The summed E-state index contributed by atoms with van der Waals surface area (Å²) in [6.45, 7) is 1.11. The number of aliphatic carboxylic acids is 1.